The maximum Gasteiger partial charge on any atom is 0.143 e. The van der Waals surface area contributed by atoms with Gasteiger partial charge in [-0.25, -0.2) is 0 Å². The van der Waals surface area contributed by atoms with Gasteiger partial charge in [-0.1, -0.05) is 140 Å². The Morgan fingerprint density at radius 1 is 0.392 bits per heavy atom. The molecule has 0 saturated carbocycles. The van der Waals surface area contributed by atoms with Crippen molar-refractivity contribution < 1.29 is 4.42 Å². The van der Waals surface area contributed by atoms with Crippen LogP contribution in [0.2, 0.25) is 0 Å². The molecule has 51 heavy (non-hydrogen) atoms. The van der Waals surface area contributed by atoms with E-state index in [0.29, 0.717) is 0 Å². The van der Waals surface area contributed by atoms with Crippen LogP contribution >= 0.6 is 11.3 Å². The van der Waals surface area contributed by atoms with Crippen LogP contribution in [0.15, 0.2) is 180 Å². The van der Waals surface area contributed by atoms with Crippen molar-refractivity contribution in [2.45, 2.75) is 0 Å². The van der Waals surface area contributed by atoms with Gasteiger partial charge in [0.2, 0.25) is 0 Å². The van der Waals surface area contributed by atoms with Crippen molar-refractivity contribution in [1.82, 2.24) is 4.57 Å². The molecule has 0 atom stereocenters. The molecule has 8 aromatic carbocycles. The maximum atomic E-state index is 6.85. The minimum absolute atomic E-state index is 0.881. The van der Waals surface area contributed by atoms with Crippen LogP contribution in [0, 0.1) is 0 Å². The minimum Gasteiger partial charge on any atom is -0.455 e. The number of hydrogen-bond acceptors (Lipinski definition) is 2. The number of para-hydroxylation sites is 1. The fourth-order valence-corrected chi connectivity index (χ4v) is 9.18. The van der Waals surface area contributed by atoms with E-state index < -0.39 is 0 Å². The van der Waals surface area contributed by atoms with Crippen molar-refractivity contribution in [3.05, 3.63) is 176 Å². The predicted octanol–water partition coefficient (Wildman–Crippen LogP) is 14.1. The predicted molar refractivity (Wildman–Crippen MR) is 217 cm³/mol. The Bertz CT molecular complexity index is 3030. The molecule has 0 saturated heterocycles. The van der Waals surface area contributed by atoms with E-state index in [1.165, 1.54) is 64.2 Å². The molecule has 0 radical (unpaired) electrons. The van der Waals surface area contributed by atoms with Crippen LogP contribution in [0.4, 0.5) is 0 Å². The fraction of sp³-hybridized carbons (Fsp3) is 0. The highest BCUT2D eigenvalue weighted by molar-refractivity contribution is 7.25. The average molecular weight is 668 g/mol. The first-order valence-corrected chi connectivity index (χ1v) is 18.2. The van der Waals surface area contributed by atoms with Gasteiger partial charge in [0.25, 0.3) is 0 Å². The number of aromatic nitrogens is 1. The lowest BCUT2D eigenvalue weighted by Gasteiger charge is -2.11. The van der Waals surface area contributed by atoms with Gasteiger partial charge in [-0.05, 0) is 64.2 Å². The van der Waals surface area contributed by atoms with Crippen LogP contribution in [0.25, 0.3) is 103 Å². The summed E-state index contributed by atoms with van der Waals surface area (Å²) in [5.74, 6) is 0. The van der Waals surface area contributed by atoms with E-state index in [2.05, 4.69) is 180 Å². The van der Waals surface area contributed by atoms with Crippen molar-refractivity contribution in [2.75, 3.05) is 0 Å². The third kappa shape index (κ3) is 4.35. The van der Waals surface area contributed by atoms with Crippen LogP contribution in [-0.2, 0) is 0 Å². The summed E-state index contributed by atoms with van der Waals surface area (Å²) in [4.78, 5) is 0. The second-order valence-electron chi connectivity index (χ2n) is 13.3. The molecule has 3 aromatic heterocycles. The highest BCUT2D eigenvalue weighted by Gasteiger charge is 2.21. The lowest BCUT2D eigenvalue weighted by molar-refractivity contribution is 0.670. The topological polar surface area (TPSA) is 18.1 Å². The van der Waals surface area contributed by atoms with Gasteiger partial charge < -0.3 is 8.98 Å². The summed E-state index contributed by atoms with van der Waals surface area (Å²) in [6.07, 6.45) is 0. The Kier molecular flexibility index (Phi) is 6.16. The van der Waals surface area contributed by atoms with Crippen molar-refractivity contribution in [3.8, 4) is 39.1 Å². The van der Waals surface area contributed by atoms with Gasteiger partial charge in [-0.3, -0.25) is 0 Å². The highest BCUT2D eigenvalue weighted by Crippen LogP contribution is 2.44. The molecule has 11 aromatic rings. The van der Waals surface area contributed by atoms with Crippen LogP contribution in [0.1, 0.15) is 0 Å². The third-order valence-electron chi connectivity index (χ3n) is 10.4. The maximum absolute atomic E-state index is 6.85. The molecule has 0 aliphatic heterocycles. The summed E-state index contributed by atoms with van der Waals surface area (Å²) in [5.41, 5.74) is 12.3. The zero-order valence-corrected chi connectivity index (χ0v) is 28.3. The smallest absolute Gasteiger partial charge is 0.143 e. The molecule has 238 valence electrons. The van der Waals surface area contributed by atoms with E-state index in [4.69, 9.17) is 4.42 Å². The Balaban J connectivity index is 1.19. The average Bonchev–Trinajstić information content (AvgIpc) is 3.87. The number of hydrogen-bond donors (Lipinski definition) is 0. The molecule has 0 bridgehead atoms. The van der Waals surface area contributed by atoms with Crippen molar-refractivity contribution >= 4 is 75.3 Å². The molecular weight excluding hydrogens is 639 g/mol. The lowest BCUT2D eigenvalue weighted by Crippen LogP contribution is -1.95. The number of benzene rings is 8. The zero-order chi connectivity index (χ0) is 33.5. The Hall–Kier alpha value is -6.42. The second kappa shape index (κ2) is 11.0. The first-order chi connectivity index (χ1) is 25.3. The zero-order valence-electron chi connectivity index (χ0n) is 27.5. The largest absolute Gasteiger partial charge is 0.455 e. The van der Waals surface area contributed by atoms with Gasteiger partial charge in [0, 0.05) is 41.9 Å². The molecule has 0 unspecified atom stereocenters. The van der Waals surface area contributed by atoms with Crippen LogP contribution < -0.4 is 0 Å². The molecule has 11 rings (SSSR count). The normalized spacial score (nSPS) is 11.9. The van der Waals surface area contributed by atoms with Gasteiger partial charge in [0.05, 0.1) is 22.1 Å². The molecule has 3 heteroatoms. The first kappa shape index (κ1) is 28.4. The van der Waals surface area contributed by atoms with E-state index in [-0.39, 0.29) is 0 Å². The van der Waals surface area contributed by atoms with E-state index >= 15 is 0 Å². The van der Waals surface area contributed by atoms with Crippen LogP contribution in [0.5, 0.6) is 0 Å². The van der Waals surface area contributed by atoms with E-state index in [0.717, 1.165) is 38.8 Å². The summed E-state index contributed by atoms with van der Waals surface area (Å²) < 4.78 is 11.9. The fourth-order valence-electron chi connectivity index (χ4n) is 8.03. The monoisotopic (exact) mass is 667 g/mol. The number of thiophene rings is 1. The summed E-state index contributed by atoms with van der Waals surface area (Å²) in [5, 5.41) is 7.30. The van der Waals surface area contributed by atoms with Crippen molar-refractivity contribution in [3.63, 3.8) is 0 Å². The molecule has 0 spiro atoms. The van der Waals surface area contributed by atoms with Gasteiger partial charge >= 0.3 is 0 Å². The minimum atomic E-state index is 0.881. The molecule has 0 N–H and O–H groups in total. The number of fused-ring (bicyclic) bond motifs is 9. The van der Waals surface area contributed by atoms with Gasteiger partial charge in [-0.2, -0.15) is 0 Å². The summed E-state index contributed by atoms with van der Waals surface area (Å²) in [6.45, 7) is 0. The van der Waals surface area contributed by atoms with Crippen LogP contribution in [0.3, 0.4) is 0 Å². The van der Waals surface area contributed by atoms with Crippen molar-refractivity contribution in [2.24, 2.45) is 0 Å². The molecule has 0 aliphatic rings. The lowest BCUT2D eigenvalue weighted by atomic mass is 10.0. The van der Waals surface area contributed by atoms with E-state index in [1.807, 2.05) is 11.3 Å². The molecular formula is C48H29NOS. The summed E-state index contributed by atoms with van der Waals surface area (Å²) in [7, 11) is 0. The van der Waals surface area contributed by atoms with Gasteiger partial charge in [0.1, 0.15) is 11.2 Å². The standard InChI is InChI=1S/C48H29NOS/c1-3-11-30(12-4-1)32-21-24-36-37-25-22-33(31-13-5-2-6-14-31)28-43(37)49(42(36)27-32)41-18-10-19-44-47(41)40-17-9-16-35(48(40)50-44)34-23-26-39-38-15-7-8-20-45(38)51-46(39)29-34/h1-29H. The molecule has 0 aliphatic carbocycles. The Morgan fingerprint density at radius 3 is 1.71 bits per heavy atom. The SMILES string of the molecule is c1ccc(-c2ccc3c4ccc(-c5ccccc5)cc4n(-c4cccc5oc6c(-c7ccc8c(c7)sc7ccccc78)cccc6c45)c3c2)cc1. The Morgan fingerprint density at radius 2 is 0.980 bits per heavy atom. The van der Waals surface area contributed by atoms with E-state index in [9.17, 15) is 0 Å². The van der Waals surface area contributed by atoms with E-state index in [1.54, 1.807) is 0 Å². The second-order valence-corrected chi connectivity index (χ2v) is 14.4. The van der Waals surface area contributed by atoms with Crippen molar-refractivity contribution in [1.29, 1.82) is 0 Å². The number of rotatable bonds is 4. The third-order valence-corrected chi connectivity index (χ3v) is 11.5. The molecule has 0 fully saturated rings. The molecule has 0 amide bonds. The quantitative estimate of drug-likeness (QED) is 0.183. The summed E-state index contributed by atoms with van der Waals surface area (Å²) >= 11 is 1.85. The first-order valence-electron chi connectivity index (χ1n) is 17.3. The highest BCUT2D eigenvalue weighted by atomic mass is 32.1. The molecule has 3 heterocycles. The Labute approximate surface area is 298 Å². The number of furan rings is 1. The van der Waals surface area contributed by atoms with Crippen LogP contribution in [-0.4, -0.2) is 4.57 Å². The van der Waals surface area contributed by atoms with Gasteiger partial charge in [0.15, 0.2) is 0 Å². The molecule has 2 nitrogen and oxygen atoms in total. The number of nitrogens with zero attached hydrogens (tertiary/aromatic N) is 1. The van der Waals surface area contributed by atoms with Gasteiger partial charge in [-0.15, -0.1) is 11.3 Å². The summed E-state index contributed by atoms with van der Waals surface area (Å²) in [6, 6.07) is 63.6.